The molecule has 2 rings (SSSR count). The maximum Gasteiger partial charge on any atom is 0.162 e. The molecule has 3 nitrogen and oxygen atoms in total. The molecule has 0 bridgehead atoms. The standard InChI is InChI=1S/C12H14N2O/c1-9(15)11-8-14(13(2)3)12-7-5-4-6-10(11)12/h4-8H,1-3H3. The van der Waals surface area contributed by atoms with E-state index in [2.05, 4.69) is 0 Å². The maximum atomic E-state index is 11.5. The van der Waals surface area contributed by atoms with Gasteiger partial charge in [-0.1, -0.05) is 18.2 Å². The second kappa shape index (κ2) is 3.42. The van der Waals surface area contributed by atoms with Crippen LogP contribution in [0.1, 0.15) is 17.3 Å². The highest BCUT2D eigenvalue weighted by Crippen LogP contribution is 2.21. The molecule has 0 saturated carbocycles. The van der Waals surface area contributed by atoms with Crippen molar-refractivity contribution < 1.29 is 4.79 Å². The first-order valence-electron chi connectivity index (χ1n) is 4.90. The van der Waals surface area contributed by atoms with E-state index < -0.39 is 0 Å². The molecule has 15 heavy (non-hydrogen) atoms. The van der Waals surface area contributed by atoms with E-state index in [1.54, 1.807) is 6.92 Å². The van der Waals surface area contributed by atoms with Crippen LogP contribution >= 0.6 is 0 Å². The first kappa shape index (κ1) is 9.77. The van der Waals surface area contributed by atoms with Crippen LogP contribution in [0.15, 0.2) is 30.5 Å². The molecule has 0 radical (unpaired) electrons. The first-order valence-corrected chi connectivity index (χ1v) is 4.90. The lowest BCUT2D eigenvalue weighted by atomic mass is 10.1. The van der Waals surface area contributed by atoms with Gasteiger partial charge in [0.15, 0.2) is 5.78 Å². The van der Waals surface area contributed by atoms with Crippen molar-refractivity contribution in [1.29, 1.82) is 0 Å². The molecule has 0 fully saturated rings. The van der Waals surface area contributed by atoms with Crippen LogP contribution in [0.5, 0.6) is 0 Å². The van der Waals surface area contributed by atoms with Crippen molar-refractivity contribution in [2.45, 2.75) is 6.92 Å². The van der Waals surface area contributed by atoms with Gasteiger partial charge in [-0.05, 0) is 13.0 Å². The summed E-state index contributed by atoms with van der Waals surface area (Å²) in [4.78, 5) is 11.5. The van der Waals surface area contributed by atoms with Gasteiger partial charge in [0.2, 0.25) is 0 Å². The number of hydrogen-bond acceptors (Lipinski definition) is 2. The molecule has 0 aliphatic carbocycles. The van der Waals surface area contributed by atoms with Gasteiger partial charge in [-0.2, -0.15) is 0 Å². The second-order valence-electron chi connectivity index (χ2n) is 3.81. The van der Waals surface area contributed by atoms with E-state index in [9.17, 15) is 4.79 Å². The molecule has 0 unspecified atom stereocenters. The molecule has 0 atom stereocenters. The highest BCUT2D eigenvalue weighted by atomic mass is 16.1. The second-order valence-corrected chi connectivity index (χ2v) is 3.81. The average molecular weight is 202 g/mol. The van der Waals surface area contributed by atoms with E-state index in [-0.39, 0.29) is 5.78 Å². The van der Waals surface area contributed by atoms with Gasteiger partial charge in [-0.3, -0.25) is 9.47 Å². The van der Waals surface area contributed by atoms with Crippen LogP contribution in [0.3, 0.4) is 0 Å². The van der Waals surface area contributed by atoms with Crippen molar-refractivity contribution in [3.8, 4) is 0 Å². The van der Waals surface area contributed by atoms with Gasteiger partial charge < -0.3 is 5.01 Å². The summed E-state index contributed by atoms with van der Waals surface area (Å²) in [5.41, 5.74) is 1.84. The van der Waals surface area contributed by atoms with Crippen molar-refractivity contribution in [2.24, 2.45) is 0 Å². The van der Waals surface area contributed by atoms with Crippen LogP contribution < -0.4 is 5.01 Å². The summed E-state index contributed by atoms with van der Waals surface area (Å²) in [5.74, 6) is 0.104. The predicted octanol–water partition coefficient (Wildman–Crippen LogP) is 2.04. The lowest BCUT2D eigenvalue weighted by Gasteiger charge is -2.15. The molecule has 78 valence electrons. The topological polar surface area (TPSA) is 25.2 Å². The Bertz CT molecular complexity index is 511. The van der Waals surface area contributed by atoms with Crippen LogP contribution in [0.2, 0.25) is 0 Å². The molecular formula is C12H14N2O. The van der Waals surface area contributed by atoms with Gasteiger partial charge in [-0.25, -0.2) is 0 Å². The first-order chi connectivity index (χ1) is 7.11. The predicted molar refractivity (Wildman–Crippen MR) is 62.0 cm³/mol. The lowest BCUT2D eigenvalue weighted by Crippen LogP contribution is -2.23. The third-order valence-electron chi connectivity index (χ3n) is 2.50. The summed E-state index contributed by atoms with van der Waals surface area (Å²) < 4.78 is 1.98. The number of hydrogen-bond donors (Lipinski definition) is 0. The Morgan fingerprint density at radius 2 is 1.93 bits per heavy atom. The summed E-state index contributed by atoms with van der Waals surface area (Å²) in [5, 5.41) is 2.97. The fourth-order valence-electron chi connectivity index (χ4n) is 1.77. The minimum absolute atomic E-state index is 0.104. The Morgan fingerprint density at radius 1 is 1.27 bits per heavy atom. The third-order valence-corrected chi connectivity index (χ3v) is 2.50. The number of nitrogens with zero attached hydrogens (tertiary/aromatic N) is 2. The minimum atomic E-state index is 0.104. The maximum absolute atomic E-state index is 11.5. The highest BCUT2D eigenvalue weighted by Gasteiger charge is 2.11. The fourth-order valence-corrected chi connectivity index (χ4v) is 1.77. The third kappa shape index (κ3) is 1.50. The zero-order valence-electron chi connectivity index (χ0n) is 9.19. The Hall–Kier alpha value is -1.77. The molecule has 2 aromatic rings. The molecule has 0 aliphatic heterocycles. The van der Waals surface area contributed by atoms with E-state index in [0.717, 1.165) is 16.5 Å². The monoisotopic (exact) mass is 202 g/mol. The number of carbonyl (C=O) groups excluding carboxylic acids is 1. The molecule has 0 aliphatic rings. The Morgan fingerprint density at radius 3 is 2.53 bits per heavy atom. The Balaban J connectivity index is 2.79. The van der Waals surface area contributed by atoms with Crippen LogP contribution in [-0.2, 0) is 0 Å². The summed E-state index contributed by atoms with van der Waals surface area (Å²) >= 11 is 0. The van der Waals surface area contributed by atoms with Crippen molar-refractivity contribution in [1.82, 2.24) is 4.68 Å². The van der Waals surface area contributed by atoms with Crippen molar-refractivity contribution in [3.05, 3.63) is 36.0 Å². The number of Topliss-reactive ketones (excluding diaryl/α,β-unsaturated/α-hetero) is 1. The SMILES string of the molecule is CC(=O)c1cn(N(C)C)c2ccccc12. The molecule has 1 aromatic heterocycles. The van der Waals surface area contributed by atoms with Crippen LogP contribution in [-0.4, -0.2) is 24.6 Å². The van der Waals surface area contributed by atoms with Gasteiger partial charge in [0.05, 0.1) is 5.52 Å². The number of para-hydroxylation sites is 1. The number of fused-ring (bicyclic) bond motifs is 1. The highest BCUT2D eigenvalue weighted by molar-refractivity contribution is 6.07. The van der Waals surface area contributed by atoms with E-state index in [4.69, 9.17) is 0 Å². The van der Waals surface area contributed by atoms with E-state index in [0.29, 0.717) is 0 Å². The van der Waals surface area contributed by atoms with Gasteiger partial charge in [0.1, 0.15) is 0 Å². The number of aromatic nitrogens is 1. The molecule has 0 amide bonds. The van der Waals surface area contributed by atoms with Crippen molar-refractivity contribution in [3.63, 3.8) is 0 Å². The normalized spacial score (nSPS) is 10.6. The summed E-state index contributed by atoms with van der Waals surface area (Å²) in [6.07, 6.45) is 1.88. The minimum Gasteiger partial charge on any atom is -0.319 e. The number of benzene rings is 1. The quantitative estimate of drug-likeness (QED) is 0.696. The molecule has 3 heteroatoms. The largest absolute Gasteiger partial charge is 0.319 e. The molecule has 0 saturated heterocycles. The Labute approximate surface area is 88.9 Å². The van der Waals surface area contributed by atoms with Crippen molar-refractivity contribution in [2.75, 3.05) is 19.1 Å². The van der Waals surface area contributed by atoms with Crippen LogP contribution in [0, 0.1) is 0 Å². The summed E-state index contributed by atoms with van der Waals surface area (Å²) in [6.45, 7) is 1.60. The van der Waals surface area contributed by atoms with Gasteiger partial charge >= 0.3 is 0 Å². The van der Waals surface area contributed by atoms with Crippen molar-refractivity contribution >= 4 is 16.7 Å². The van der Waals surface area contributed by atoms with E-state index in [1.165, 1.54) is 0 Å². The number of rotatable bonds is 2. The molecule has 1 heterocycles. The van der Waals surface area contributed by atoms with Crippen LogP contribution in [0.25, 0.3) is 10.9 Å². The van der Waals surface area contributed by atoms with Gasteiger partial charge in [0, 0.05) is 31.2 Å². The van der Waals surface area contributed by atoms with Gasteiger partial charge in [-0.15, -0.1) is 0 Å². The lowest BCUT2D eigenvalue weighted by molar-refractivity contribution is 0.101. The molecule has 0 N–H and O–H groups in total. The zero-order valence-corrected chi connectivity index (χ0v) is 9.19. The fraction of sp³-hybridized carbons (Fsp3) is 0.250. The van der Waals surface area contributed by atoms with Crippen LogP contribution in [0.4, 0.5) is 0 Å². The Kier molecular flexibility index (Phi) is 2.23. The van der Waals surface area contributed by atoms with Gasteiger partial charge in [0.25, 0.3) is 0 Å². The van der Waals surface area contributed by atoms with E-state index >= 15 is 0 Å². The number of carbonyl (C=O) groups is 1. The summed E-state index contributed by atoms with van der Waals surface area (Å²) in [7, 11) is 3.91. The average Bonchev–Trinajstić information content (AvgIpc) is 2.56. The van der Waals surface area contributed by atoms with E-state index in [1.807, 2.05) is 54.2 Å². The zero-order chi connectivity index (χ0) is 11.0. The smallest absolute Gasteiger partial charge is 0.162 e. The molecule has 1 aromatic carbocycles. The summed E-state index contributed by atoms with van der Waals surface area (Å²) in [6, 6.07) is 7.93. The molecular weight excluding hydrogens is 188 g/mol. The number of ketones is 1. The molecule has 0 spiro atoms.